The lowest BCUT2D eigenvalue weighted by molar-refractivity contribution is 0.483. The zero-order valence-corrected chi connectivity index (χ0v) is 12.2. The molecule has 5 nitrogen and oxygen atoms in total. The highest BCUT2D eigenvalue weighted by Crippen LogP contribution is 2.35. The van der Waals surface area contributed by atoms with E-state index in [9.17, 15) is 8.42 Å². The van der Waals surface area contributed by atoms with Gasteiger partial charge in [-0.2, -0.15) is 8.42 Å². The molecule has 1 N–H and O–H groups in total. The molecule has 1 aliphatic heterocycles. The molecular formula is C15H16N2O3S. The number of nitrogens with zero attached hydrogens (tertiary/aromatic N) is 2. The second kappa shape index (κ2) is 5.46. The first-order chi connectivity index (χ1) is 10.1. The first-order valence-corrected chi connectivity index (χ1v) is 8.24. The molecule has 2 aromatic rings. The summed E-state index contributed by atoms with van der Waals surface area (Å²) in [5, 5.41) is 0. The van der Waals surface area contributed by atoms with Gasteiger partial charge in [0.15, 0.2) is 0 Å². The van der Waals surface area contributed by atoms with E-state index >= 15 is 0 Å². The highest BCUT2D eigenvalue weighted by molar-refractivity contribution is 7.85. The van der Waals surface area contributed by atoms with E-state index in [0.717, 1.165) is 30.6 Å². The summed E-state index contributed by atoms with van der Waals surface area (Å²) in [5.41, 5.74) is 2.11. The molecule has 2 heterocycles. The van der Waals surface area contributed by atoms with Crippen LogP contribution in [0.25, 0.3) is 0 Å². The monoisotopic (exact) mass is 304 g/mol. The first-order valence-electron chi connectivity index (χ1n) is 6.80. The van der Waals surface area contributed by atoms with Crippen LogP contribution in [-0.2, 0) is 10.1 Å². The molecule has 1 aliphatic rings. The van der Waals surface area contributed by atoms with Crippen molar-refractivity contribution >= 4 is 15.8 Å². The third-order valence-corrected chi connectivity index (χ3v) is 4.66. The van der Waals surface area contributed by atoms with Gasteiger partial charge < -0.3 is 4.90 Å². The lowest BCUT2D eigenvalue weighted by atomic mass is 10.1. The van der Waals surface area contributed by atoms with Gasteiger partial charge in [0, 0.05) is 24.6 Å². The zero-order valence-electron chi connectivity index (χ0n) is 11.4. The van der Waals surface area contributed by atoms with E-state index in [1.807, 2.05) is 12.3 Å². The molecule has 0 spiro atoms. The van der Waals surface area contributed by atoms with Crippen molar-refractivity contribution in [3.8, 4) is 0 Å². The Labute approximate surface area is 124 Å². The smallest absolute Gasteiger partial charge is 0.294 e. The number of hydrogen-bond donors (Lipinski definition) is 1. The van der Waals surface area contributed by atoms with Crippen LogP contribution in [-0.4, -0.2) is 24.5 Å². The molecule has 3 rings (SSSR count). The van der Waals surface area contributed by atoms with Crippen molar-refractivity contribution in [3.63, 3.8) is 0 Å². The van der Waals surface area contributed by atoms with E-state index in [2.05, 4.69) is 16.0 Å². The quantitative estimate of drug-likeness (QED) is 0.883. The number of hydrogen-bond acceptors (Lipinski definition) is 4. The van der Waals surface area contributed by atoms with Gasteiger partial charge in [-0.1, -0.05) is 6.07 Å². The summed E-state index contributed by atoms with van der Waals surface area (Å²) in [6, 6.07) is 10.6. The van der Waals surface area contributed by atoms with Crippen molar-refractivity contribution in [2.24, 2.45) is 0 Å². The van der Waals surface area contributed by atoms with Crippen molar-refractivity contribution < 1.29 is 13.0 Å². The van der Waals surface area contributed by atoms with Crippen LogP contribution in [0.3, 0.4) is 0 Å². The molecule has 0 radical (unpaired) electrons. The molecule has 1 atom stereocenters. The molecule has 0 amide bonds. The number of anilines is 1. The summed E-state index contributed by atoms with van der Waals surface area (Å²) in [6.07, 6.45) is 5.75. The molecule has 110 valence electrons. The van der Waals surface area contributed by atoms with Crippen LogP contribution in [0.5, 0.6) is 0 Å². The second-order valence-electron chi connectivity index (χ2n) is 5.11. The van der Waals surface area contributed by atoms with Crippen LogP contribution in [0.15, 0.2) is 53.7 Å². The Morgan fingerprint density at radius 3 is 2.57 bits per heavy atom. The van der Waals surface area contributed by atoms with Crippen LogP contribution in [0.4, 0.5) is 5.69 Å². The van der Waals surface area contributed by atoms with Gasteiger partial charge in [0.1, 0.15) is 0 Å². The molecule has 0 bridgehead atoms. The second-order valence-corrected chi connectivity index (χ2v) is 6.53. The van der Waals surface area contributed by atoms with Crippen molar-refractivity contribution in [2.75, 3.05) is 11.4 Å². The fourth-order valence-electron chi connectivity index (χ4n) is 2.80. The lowest BCUT2D eigenvalue weighted by Crippen LogP contribution is -2.22. The average Bonchev–Trinajstić information content (AvgIpc) is 2.97. The average molecular weight is 304 g/mol. The van der Waals surface area contributed by atoms with E-state index in [1.165, 1.54) is 12.1 Å². The van der Waals surface area contributed by atoms with Gasteiger partial charge in [-0.3, -0.25) is 9.54 Å². The van der Waals surface area contributed by atoms with Crippen molar-refractivity contribution in [1.82, 2.24) is 4.98 Å². The van der Waals surface area contributed by atoms with Gasteiger partial charge in [0.05, 0.1) is 10.9 Å². The molecule has 1 saturated heterocycles. The number of benzene rings is 1. The third kappa shape index (κ3) is 2.91. The fourth-order valence-corrected chi connectivity index (χ4v) is 3.28. The van der Waals surface area contributed by atoms with Crippen molar-refractivity contribution in [1.29, 1.82) is 0 Å². The predicted molar refractivity (Wildman–Crippen MR) is 79.8 cm³/mol. The summed E-state index contributed by atoms with van der Waals surface area (Å²) < 4.78 is 31.2. The molecule has 0 aliphatic carbocycles. The Hall–Kier alpha value is -1.92. The highest BCUT2D eigenvalue weighted by Gasteiger charge is 2.26. The SMILES string of the molecule is O=S(=O)(O)c1ccc(N2CCCC2c2cccnc2)cc1. The van der Waals surface area contributed by atoms with Crippen LogP contribution in [0.1, 0.15) is 24.4 Å². The van der Waals surface area contributed by atoms with Crippen LogP contribution < -0.4 is 4.90 Å². The lowest BCUT2D eigenvalue weighted by Gasteiger charge is -2.27. The minimum absolute atomic E-state index is 0.0802. The summed E-state index contributed by atoms with van der Waals surface area (Å²) in [7, 11) is -4.14. The predicted octanol–water partition coefficient (Wildman–Crippen LogP) is 2.67. The number of aromatic nitrogens is 1. The molecule has 1 fully saturated rings. The summed E-state index contributed by atoms with van der Waals surface area (Å²) >= 11 is 0. The standard InChI is InChI=1S/C15H16N2O3S/c18-21(19,20)14-7-5-13(6-8-14)17-10-2-4-15(17)12-3-1-9-16-11-12/h1,3,5-9,11,15H,2,4,10H2,(H,18,19,20). The van der Waals surface area contributed by atoms with Gasteiger partial charge in [0.2, 0.25) is 0 Å². The summed E-state index contributed by atoms with van der Waals surface area (Å²) in [6.45, 7) is 0.921. The van der Waals surface area contributed by atoms with Crippen LogP contribution in [0.2, 0.25) is 0 Å². The van der Waals surface area contributed by atoms with E-state index in [-0.39, 0.29) is 10.9 Å². The minimum Gasteiger partial charge on any atom is -0.364 e. The Kier molecular flexibility index (Phi) is 3.65. The van der Waals surface area contributed by atoms with Gasteiger partial charge in [-0.25, -0.2) is 0 Å². The van der Waals surface area contributed by atoms with E-state index in [1.54, 1.807) is 18.3 Å². The van der Waals surface area contributed by atoms with E-state index < -0.39 is 10.1 Å². The molecule has 1 aromatic carbocycles. The number of pyridine rings is 1. The maximum absolute atomic E-state index is 11.1. The topological polar surface area (TPSA) is 70.5 Å². The van der Waals surface area contributed by atoms with Gasteiger partial charge >= 0.3 is 0 Å². The maximum atomic E-state index is 11.1. The fraction of sp³-hybridized carbons (Fsp3) is 0.267. The van der Waals surface area contributed by atoms with Crippen LogP contribution in [0, 0.1) is 0 Å². The zero-order chi connectivity index (χ0) is 14.9. The Morgan fingerprint density at radius 1 is 1.19 bits per heavy atom. The molecule has 6 heteroatoms. The largest absolute Gasteiger partial charge is 0.364 e. The maximum Gasteiger partial charge on any atom is 0.294 e. The number of rotatable bonds is 3. The third-order valence-electron chi connectivity index (χ3n) is 3.79. The van der Waals surface area contributed by atoms with E-state index in [0.29, 0.717) is 0 Å². The molecule has 21 heavy (non-hydrogen) atoms. The van der Waals surface area contributed by atoms with Crippen molar-refractivity contribution in [2.45, 2.75) is 23.8 Å². The molecule has 0 saturated carbocycles. The molecular weight excluding hydrogens is 288 g/mol. The van der Waals surface area contributed by atoms with Gasteiger partial charge in [0.25, 0.3) is 10.1 Å². The van der Waals surface area contributed by atoms with Gasteiger partial charge in [-0.15, -0.1) is 0 Å². The van der Waals surface area contributed by atoms with Crippen molar-refractivity contribution in [3.05, 3.63) is 54.4 Å². The summed E-state index contributed by atoms with van der Waals surface area (Å²) in [4.78, 5) is 6.33. The Bertz CT molecular complexity index is 714. The van der Waals surface area contributed by atoms with Crippen LogP contribution >= 0.6 is 0 Å². The Morgan fingerprint density at radius 2 is 1.95 bits per heavy atom. The molecule has 1 unspecified atom stereocenters. The Balaban J connectivity index is 1.89. The summed E-state index contributed by atoms with van der Waals surface area (Å²) in [5.74, 6) is 0. The minimum atomic E-state index is -4.14. The van der Waals surface area contributed by atoms with E-state index in [4.69, 9.17) is 4.55 Å². The van der Waals surface area contributed by atoms with Gasteiger partial charge in [-0.05, 0) is 48.7 Å². The normalized spacial score (nSPS) is 18.9. The molecule has 1 aromatic heterocycles. The highest BCUT2D eigenvalue weighted by atomic mass is 32.2. The first kappa shape index (κ1) is 14.0.